The molecule has 0 aliphatic heterocycles. The van der Waals surface area contributed by atoms with Crippen LogP contribution >= 0.6 is 0 Å². The van der Waals surface area contributed by atoms with E-state index in [0.29, 0.717) is 5.75 Å². The lowest BCUT2D eigenvalue weighted by molar-refractivity contribution is -0.130. The Labute approximate surface area is 151 Å². The predicted molar refractivity (Wildman–Crippen MR) is 105 cm³/mol. The quantitative estimate of drug-likeness (QED) is 0.568. The van der Waals surface area contributed by atoms with Crippen LogP contribution in [-0.4, -0.2) is 41.1 Å². The van der Waals surface area contributed by atoms with Gasteiger partial charge in [0.2, 0.25) is 0 Å². The number of rotatable bonds is 3. The molecule has 5 heteroatoms. The summed E-state index contributed by atoms with van der Waals surface area (Å²) >= 11 is 0. The van der Waals surface area contributed by atoms with Crippen molar-refractivity contribution in [2.45, 2.75) is 6.92 Å². The fraction of sp³-hybridized carbons (Fsp3) is 0.238. The summed E-state index contributed by atoms with van der Waals surface area (Å²) in [5, 5.41) is 4.63. The van der Waals surface area contributed by atoms with Gasteiger partial charge in [-0.15, -0.1) is 0 Å². The number of amides is 1. The summed E-state index contributed by atoms with van der Waals surface area (Å²) in [7, 11) is 5.53. The number of fused-ring (bicyclic) bond motifs is 4. The molecule has 0 aliphatic rings. The van der Waals surface area contributed by atoms with Crippen molar-refractivity contribution in [1.29, 1.82) is 0 Å². The van der Waals surface area contributed by atoms with Gasteiger partial charge in [0.25, 0.3) is 5.91 Å². The van der Waals surface area contributed by atoms with E-state index in [1.54, 1.807) is 14.1 Å². The van der Waals surface area contributed by atoms with Crippen molar-refractivity contribution in [3.63, 3.8) is 0 Å². The topological polar surface area (TPSA) is 47.4 Å². The van der Waals surface area contributed by atoms with Crippen LogP contribution in [0.3, 0.4) is 0 Å². The first-order valence-corrected chi connectivity index (χ1v) is 8.56. The van der Waals surface area contributed by atoms with Crippen molar-refractivity contribution < 1.29 is 9.53 Å². The lowest BCUT2D eigenvalue weighted by Crippen LogP contribution is -2.27. The third kappa shape index (κ3) is 2.47. The number of benzene rings is 2. The molecule has 0 N–H and O–H groups in total. The van der Waals surface area contributed by atoms with Crippen LogP contribution in [0.25, 0.3) is 32.6 Å². The second kappa shape index (κ2) is 6.02. The van der Waals surface area contributed by atoms with E-state index < -0.39 is 0 Å². The molecule has 5 nitrogen and oxygen atoms in total. The van der Waals surface area contributed by atoms with Gasteiger partial charge in [-0.3, -0.25) is 9.78 Å². The average Bonchev–Trinajstić information content (AvgIpc) is 2.92. The highest BCUT2D eigenvalue weighted by molar-refractivity contribution is 6.14. The molecule has 0 spiro atoms. The summed E-state index contributed by atoms with van der Waals surface area (Å²) in [6.07, 6.45) is 3.73. The summed E-state index contributed by atoms with van der Waals surface area (Å²) in [5.74, 6) is 0.639. The molecule has 4 rings (SSSR count). The van der Waals surface area contributed by atoms with Crippen molar-refractivity contribution >= 4 is 38.5 Å². The average molecular weight is 347 g/mol. The lowest BCUT2D eigenvalue weighted by Gasteiger charge is -2.11. The molecule has 132 valence electrons. The Morgan fingerprint density at radius 2 is 1.96 bits per heavy atom. The molecule has 2 heterocycles. The van der Waals surface area contributed by atoms with Crippen molar-refractivity contribution in [1.82, 2.24) is 14.5 Å². The van der Waals surface area contributed by atoms with E-state index in [1.165, 1.54) is 26.8 Å². The van der Waals surface area contributed by atoms with Crippen LogP contribution in [0.4, 0.5) is 0 Å². The largest absolute Gasteiger partial charge is 0.484 e. The second-order valence-electron chi connectivity index (χ2n) is 6.81. The Bertz CT molecular complexity index is 1160. The summed E-state index contributed by atoms with van der Waals surface area (Å²) in [5.41, 5.74) is 3.58. The second-order valence-corrected chi connectivity index (χ2v) is 6.81. The standard InChI is InChI=1S/C21H21N3O2/c1-13-16-7-8-22-11-14(16)9-18-17-10-15(26-12-20(25)23(2)3)5-6-19(17)24(4)21(13)18/h5-11H,12H2,1-4H3. The Morgan fingerprint density at radius 3 is 2.73 bits per heavy atom. The number of aromatic nitrogens is 2. The van der Waals surface area contributed by atoms with Crippen LogP contribution in [0.15, 0.2) is 42.7 Å². The van der Waals surface area contributed by atoms with Gasteiger partial charge in [-0.1, -0.05) is 0 Å². The van der Waals surface area contributed by atoms with Gasteiger partial charge in [-0.2, -0.15) is 0 Å². The van der Waals surface area contributed by atoms with Gasteiger partial charge in [-0.25, -0.2) is 0 Å². The third-order valence-corrected chi connectivity index (χ3v) is 4.98. The smallest absolute Gasteiger partial charge is 0.259 e. The van der Waals surface area contributed by atoms with Crippen LogP contribution in [0.1, 0.15) is 5.56 Å². The maximum absolute atomic E-state index is 11.8. The number of carbonyl (C=O) groups excluding carboxylic acids is 1. The molecule has 4 aromatic rings. The highest BCUT2D eigenvalue weighted by Crippen LogP contribution is 2.36. The molecule has 2 aromatic heterocycles. The first-order chi connectivity index (χ1) is 12.5. The highest BCUT2D eigenvalue weighted by Gasteiger charge is 2.14. The molecular formula is C21H21N3O2. The molecule has 0 fully saturated rings. The van der Waals surface area contributed by atoms with E-state index in [9.17, 15) is 4.79 Å². The maximum atomic E-state index is 11.8. The normalized spacial score (nSPS) is 11.4. The molecule has 0 bridgehead atoms. The minimum absolute atomic E-state index is 0.0369. The SMILES string of the molecule is Cc1c2ccncc2cc2c3cc(OCC(=O)N(C)C)ccc3n(C)c12. The van der Waals surface area contributed by atoms with Crippen molar-refractivity contribution in [2.75, 3.05) is 20.7 Å². The zero-order valence-electron chi connectivity index (χ0n) is 15.4. The maximum Gasteiger partial charge on any atom is 0.259 e. The van der Waals surface area contributed by atoms with Crippen LogP contribution in [-0.2, 0) is 11.8 Å². The van der Waals surface area contributed by atoms with Crippen LogP contribution in [0.5, 0.6) is 5.75 Å². The van der Waals surface area contributed by atoms with Gasteiger partial charge in [-0.05, 0) is 48.2 Å². The number of hydrogen-bond acceptors (Lipinski definition) is 3. The van der Waals surface area contributed by atoms with Gasteiger partial charge in [0.1, 0.15) is 5.75 Å². The molecular weight excluding hydrogens is 326 g/mol. The van der Waals surface area contributed by atoms with Crippen LogP contribution in [0.2, 0.25) is 0 Å². The van der Waals surface area contributed by atoms with E-state index in [4.69, 9.17) is 4.74 Å². The van der Waals surface area contributed by atoms with Gasteiger partial charge >= 0.3 is 0 Å². The van der Waals surface area contributed by atoms with E-state index in [1.807, 2.05) is 30.6 Å². The van der Waals surface area contributed by atoms with Crippen LogP contribution < -0.4 is 4.74 Å². The van der Waals surface area contributed by atoms with Crippen molar-refractivity contribution in [3.8, 4) is 5.75 Å². The van der Waals surface area contributed by atoms with Crippen LogP contribution in [0, 0.1) is 6.92 Å². The molecule has 26 heavy (non-hydrogen) atoms. The number of aryl methyl sites for hydroxylation is 2. The fourth-order valence-corrected chi connectivity index (χ4v) is 3.56. The van der Waals surface area contributed by atoms with E-state index >= 15 is 0 Å². The first-order valence-electron chi connectivity index (χ1n) is 8.56. The number of likely N-dealkylation sites (N-methyl/N-ethyl adjacent to an activating group) is 1. The van der Waals surface area contributed by atoms with Crippen molar-refractivity contribution in [2.24, 2.45) is 7.05 Å². The van der Waals surface area contributed by atoms with Gasteiger partial charge in [0.05, 0.1) is 5.52 Å². The zero-order valence-corrected chi connectivity index (χ0v) is 15.4. The molecule has 2 aromatic carbocycles. The first kappa shape index (κ1) is 16.4. The number of nitrogens with zero attached hydrogens (tertiary/aromatic N) is 3. The monoisotopic (exact) mass is 347 g/mol. The fourth-order valence-electron chi connectivity index (χ4n) is 3.56. The Hall–Kier alpha value is -3.08. The van der Waals surface area contributed by atoms with E-state index in [0.717, 1.165) is 16.3 Å². The highest BCUT2D eigenvalue weighted by atomic mass is 16.5. The molecule has 0 saturated heterocycles. The summed E-state index contributed by atoms with van der Waals surface area (Å²) in [6.45, 7) is 2.19. The Kier molecular flexibility index (Phi) is 3.80. The zero-order chi connectivity index (χ0) is 18.4. The Morgan fingerprint density at radius 1 is 1.15 bits per heavy atom. The number of pyridine rings is 1. The minimum Gasteiger partial charge on any atom is -0.484 e. The summed E-state index contributed by atoms with van der Waals surface area (Å²) in [6, 6.07) is 10.2. The molecule has 0 radical (unpaired) electrons. The van der Waals surface area contributed by atoms with Gasteiger partial charge in [0, 0.05) is 55.2 Å². The molecule has 0 aliphatic carbocycles. The Balaban J connectivity index is 1.89. The van der Waals surface area contributed by atoms with Gasteiger partial charge < -0.3 is 14.2 Å². The molecule has 0 atom stereocenters. The van der Waals surface area contributed by atoms with E-state index in [-0.39, 0.29) is 12.5 Å². The summed E-state index contributed by atoms with van der Waals surface area (Å²) < 4.78 is 7.92. The summed E-state index contributed by atoms with van der Waals surface area (Å²) in [4.78, 5) is 17.6. The third-order valence-electron chi connectivity index (χ3n) is 4.98. The molecule has 1 amide bonds. The molecule has 0 saturated carbocycles. The minimum atomic E-state index is -0.0593. The number of carbonyl (C=O) groups is 1. The number of hydrogen-bond donors (Lipinski definition) is 0. The van der Waals surface area contributed by atoms with E-state index in [2.05, 4.69) is 35.7 Å². The molecule has 0 unspecified atom stereocenters. The van der Waals surface area contributed by atoms with Gasteiger partial charge in [0.15, 0.2) is 6.61 Å². The van der Waals surface area contributed by atoms with Crippen molar-refractivity contribution in [3.05, 3.63) is 48.3 Å². The predicted octanol–water partition coefficient (Wildman–Crippen LogP) is 3.66. The lowest BCUT2D eigenvalue weighted by atomic mass is 10.0. The number of ether oxygens (including phenoxy) is 1.